The maximum Gasteiger partial charge on any atom is 0.193 e. The topological polar surface area (TPSA) is 20.3 Å². The van der Waals surface area contributed by atoms with Crippen LogP contribution in [0.4, 0.5) is 11.4 Å². The fraction of sp³-hybridized carbons (Fsp3) is 0.0385. The molecule has 142 valence electrons. The molecule has 0 amide bonds. The highest BCUT2D eigenvalue weighted by atomic mass is 79.9. The van der Waals surface area contributed by atoms with Crippen LogP contribution in [0.1, 0.15) is 15.9 Å². The Balaban J connectivity index is 1.86. The van der Waals surface area contributed by atoms with Crippen LogP contribution in [-0.2, 0) is 0 Å². The van der Waals surface area contributed by atoms with Crippen molar-refractivity contribution < 1.29 is 4.79 Å². The molecule has 0 aliphatic heterocycles. The number of hydrogen-bond donors (Lipinski definition) is 0. The normalized spacial score (nSPS) is 10.6. The van der Waals surface area contributed by atoms with E-state index in [1.54, 1.807) is 0 Å². The third kappa shape index (κ3) is 4.01. The monoisotopic (exact) mass is 441 g/mol. The van der Waals surface area contributed by atoms with Crippen molar-refractivity contribution in [1.82, 2.24) is 0 Å². The number of benzene rings is 4. The summed E-state index contributed by atoms with van der Waals surface area (Å²) in [6, 6.07) is 33.6. The number of hydrogen-bond acceptors (Lipinski definition) is 2. The van der Waals surface area contributed by atoms with Crippen molar-refractivity contribution in [3.63, 3.8) is 0 Å². The second kappa shape index (κ2) is 8.46. The van der Waals surface area contributed by atoms with Gasteiger partial charge in [-0.3, -0.25) is 4.79 Å². The van der Waals surface area contributed by atoms with Crippen molar-refractivity contribution in [2.75, 3.05) is 11.9 Å². The Morgan fingerprint density at radius 3 is 2.07 bits per heavy atom. The Morgan fingerprint density at radius 2 is 1.34 bits per heavy atom. The van der Waals surface area contributed by atoms with Crippen molar-refractivity contribution in [2.24, 2.45) is 0 Å². The minimum Gasteiger partial charge on any atom is -0.344 e. The lowest BCUT2D eigenvalue weighted by atomic mass is 9.92. The Hall–Kier alpha value is -3.17. The first-order valence-electron chi connectivity index (χ1n) is 9.42. The minimum atomic E-state index is 0.0227. The highest BCUT2D eigenvalue weighted by Crippen LogP contribution is 2.38. The number of carbonyl (C=O) groups is 1. The molecule has 0 fully saturated rings. The number of para-hydroxylation sites is 1. The van der Waals surface area contributed by atoms with Gasteiger partial charge in [-0.15, -0.1) is 0 Å². The summed E-state index contributed by atoms with van der Waals surface area (Å²) in [7, 11) is 2.05. The van der Waals surface area contributed by atoms with Crippen LogP contribution >= 0.6 is 15.9 Å². The van der Waals surface area contributed by atoms with Gasteiger partial charge >= 0.3 is 0 Å². The molecule has 0 saturated heterocycles. The van der Waals surface area contributed by atoms with E-state index in [0.717, 1.165) is 27.0 Å². The Kier molecular flexibility index (Phi) is 5.59. The fourth-order valence-electron chi connectivity index (χ4n) is 3.47. The fourth-order valence-corrected chi connectivity index (χ4v) is 3.83. The number of ketones is 1. The van der Waals surface area contributed by atoms with Crippen LogP contribution in [0.2, 0.25) is 0 Å². The Morgan fingerprint density at radius 1 is 0.724 bits per heavy atom. The van der Waals surface area contributed by atoms with E-state index >= 15 is 0 Å². The molecule has 4 aromatic carbocycles. The summed E-state index contributed by atoms with van der Waals surface area (Å²) in [4.78, 5) is 15.4. The summed E-state index contributed by atoms with van der Waals surface area (Å²) >= 11 is 3.60. The van der Waals surface area contributed by atoms with Gasteiger partial charge in [-0.1, -0.05) is 88.7 Å². The molecule has 29 heavy (non-hydrogen) atoms. The van der Waals surface area contributed by atoms with Gasteiger partial charge in [-0.2, -0.15) is 0 Å². The van der Waals surface area contributed by atoms with Crippen LogP contribution in [0.3, 0.4) is 0 Å². The second-order valence-electron chi connectivity index (χ2n) is 6.80. The summed E-state index contributed by atoms with van der Waals surface area (Å²) in [6.45, 7) is 0. The van der Waals surface area contributed by atoms with Crippen LogP contribution in [0, 0.1) is 0 Å². The molecule has 0 unspecified atom stereocenters. The summed E-state index contributed by atoms with van der Waals surface area (Å²) in [6.07, 6.45) is 0. The van der Waals surface area contributed by atoms with Crippen LogP contribution in [0.15, 0.2) is 108 Å². The molecule has 0 radical (unpaired) electrons. The van der Waals surface area contributed by atoms with Crippen molar-refractivity contribution in [3.05, 3.63) is 119 Å². The van der Waals surface area contributed by atoms with Gasteiger partial charge in [0.2, 0.25) is 0 Å². The van der Waals surface area contributed by atoms with Crippen LogP contribution in [0.25, 0.3) is 11.1 Å². The number of nitrogens with zero attached hydrogens (tertiary/aromatic N) is 1. The molecule has 4 aromatic rings. The van der Waals surface area contributed by atoms with E-state index in [0.29, 0.717) is 11.1 Å². The molecule has 0 bridgehead atoms. The number of anilines is 2. The first-order valence-corrected chi connectivity index (χ1v) is 10.2. The second-order valence-corrected chi connectivity index (χ2v) is 7.71. The molecule has 4 rings (SSSR count). The molecule has 0 N–H and O–H groups in total. The molecule has 0 saturated carbocycles. The summed E-state index contributed by atoms with van der Waals surface area (Å²) in [5.41, 5.74) is 5.43. The van der Waals surface area contributed by atoms with Crippen molar-refractivity contribution in [3.8, 4) is 11.1 Å². The maximum atomic E-state index is 13.3. The molecule has 0 aliphatic carbocycles. The lowest BCUT2D eigenvalue weighted by molar-refractivity contribution is 0.103. The van der Waals surface area contributed by atoms with E-state index in [1.807, 2.05) is 85.9 Å². The smallest absolute Gasteiger partial charge is 0.193 e. The molecule has 0 atom stereocenters. The molecule has 0 aliphatic rings. The lowest BCUT2D eigenvalue weighted by Gasteiger charge is -2.24. The predicted octanol–water partition coefficient (Wildman–Crippen LogP) is 7.12. The molecule has 0 spiro atoms. The molecular weight excluding hydrogens is 422 g/mol. The first-order chi connectivity index (χ1) is 14.1. The van der Waals surface area contributed by atoms with Gasteiger partial charge in [-0.05, 0) is 35.9 Å². The zero-order valence-corrected chi connectivity index (χ0v) is 17.6. The molecular formula is C26H20BrNO. The number of rotatable bonds is 5. The summed E-state index contributed by atoms with van der Waals surface area (Å²) in [5.74, 6) is 0.0227. The van der Waals surface area contributed by atoms with Gasteiger partial charge in [0.05, 0.1) is 0 Å². The molecule has 0 heterocycles. The van der Waals surface area contributed by atoms with Crippen LogP contribution in [0.5, 0.6) is 0 Å². The van der Waals surface area contributed by atoms with E-state index < -0.39 is 0 Å². The van der Waals surface area contributed by atoms with E-state index in [1.165, 1.54) is 0 Å². The first kappa shape index (κ1) is 19.2. The van der Waals surface area contributed by atoms with Crippen LogP contribution in [-0.4, -0.2) is 12.8 Å². The van der Waals surface area contributed by atoms with Crippen molar-refractivity contribution >= 4 is 33.1 Å². The quantitative estimate of drug-likeness (QED) is 0.307. The highest BCUT2D eigenvalue weighted by Gasteiger charge is 2.18. The zero-order chi connectivity index (χ0) is 20.2. The van der Waals surface area contributed by atoms with Gasteiger partial charge in [0, 0.05) is 39.6 Å². The van der Waals surface area contributed by atoms with E-state index in [-0.39, 0.29) is 5.78 Å². The van der Waals surface area contributed by atoms with Crippen molar-refractivity contribution in [1.29, 1.82) is 0 Å². The third-order valence-electron chi connectivity index (χ3n) is 4.96. The van der Waals surface area contributed by atoms with E-state index in [4.69, 9.17) is 0 Å². The standard InChI is InChI=1S/C26H20BrNO/c1-28(21-12-6-3-7-13-21)25-17-16-20(27)18-24(25)22-14-8-9-15-23(22)26(29)19-10-4-2-5-11-19/h2-18H,1H3. The van der Waals surface area contributed by atoms with Gasteiger partial charge in [0.1, 0.15) is 0 Å². The Labute approximate surface area is 179 Å². The van der Waals surface area contributed by atoms with Gasteiger partial charge in [0.15, 0.2) is 5.78 Å². The number of carbonyl (C=O) groups excluding carboxylic acids is 1. The van der Waals surface area contributed by atoms with Gasteiger partial charge in [-0.25, -0.2) is 0 Å². The molecule has 2 nitrogen and oxygen atoms in total. The minimum absolute atomic E-state index is 0.0227. The summed E-state index contributed by atoms with van der Waals surface area (Å²) in [5, 5.41) is 0. The maximum absolute atomic E-state index is 13.3. The Bertz CT molecular complexity index is 1140. The SMILES string of the molecule is CN(c1ccccc1)c1ccc(Br)cc1-c1ccccc1C(=O)c1ccccc1. The van der Waals surface area contributed by atoms with Crippen LogP contribution < -0.4 is 4.90 Å². The highest BCUT2D eigenvalue weighted by molar-refractivity contribution is 9.10. The zero-order valence-electron chi connectivity index (χ0n) is 16.0. The van der Waals surface area contributed by atoms with E-state index in [2.05, 4.69) is 45.1 Å². The predicted molar refractivity (Wildman–Crippen MR) is 124 cm³/mol. The number of halogens is 1. The van der Waals surface area contributed by atoms with E-state index in [9.17, 15) is 4.79 Å². The van der Waals surface area contributed by atoms with Gasteiger partial charge < -0.3 is 4.90 Å². The molecule has 0 aromatic heterocycles. The summed E-state index contributed by atoms with van der Waals surface area (Å²) < 4.78 is 0.972. The lowest BCUT2D eigenvalue weighted by Crippen LogP contribution is -2.11. The van der Waals surface area contributed by atoms with Crippen molar-refractivity contribution in [2.45, 2.75) is 0 Å². The largest absolute Gasteiger partial charge is 0.344 e. The average molecular weight is 442 g/mol. The average Bonchev–Trinajstić information content (AvgIpc) is 2.79. The molecule has 3 heteroatoms. The van der Waals surface area contributed by atoms with Gasteiger partial charge in [0.25, 0.3) is 0 Å². The third-order valence-corrected chi connectivity index (χ3v) is 5.45.